The van der Waals surface area contributed by atoms with Crippen molar-refractivity contribution >= 4 is 5.78 Å². The van der Waals surface area contributed by atoms with Gasteiger partial charge in [0, 0.05) is 30.0 Å². The third kappa shape index (κ3) is 0.971. The molecule has 3 aliphatic heterocycles. The fraction of sp³-hybridized carbons (Fsp3) is 0.909. The van der Waals surface area contributed by atoms with E-state index in [0.29, 0.717) is 11.8 Å². The summed E-state index contributed by atoms with van der Waals surface area (Å²) in [6.45, 7) is 6.13. The summed E-state index contributed by atoms with van der Waals surface area (Å²) in [5.41, 5.74) is 3.38. The molecule has 0 aromatic rings. The number of ketones is 1. The number of fused-ring (bicyclic) bond motifs is 1. The van der Waals surface area contributed by atoms with Crippen molar-refractivity contribution in [2.24, 2.45) is 10.8 Å². The number of hydrazine groups is 1. The van der Waals surface area contributed by atoms with Crippen molar-refractivity contribution in [3.05, 3.63) is 0 Å². The molecule has 1 aliphatic carbocycles. The SMILES string of the molecule is CC12CCC3CC(C)(CN(C1)N3)C2=O. The Labute approximate surface area is 84.8 Å². The lowest BCUT2D eigenvalue weighted by Crippen LogP contribution is -2.65. The van der Waals surface area contributed by atoms with Crippen LogP contribution in [0.25, 0.3) is 0 Å². The van der Waals surface area contributed by atoms with E-state index in [1.54, 1.807) is 0 Å². The van der Waals surface area contributed by atoms with Crippen molar-refractivity contribution in [3.63, 3.8) is 0 Å². The van der Waals surface area contributed by atoms with E-state index in [9.17, 15) is 4.79 Å². The number of hydrogen-bond donors (Lipinski definition) is 1. The number of carbonyl (C=O) groups excluding carboxylic acids is 1. The Morgan fingerprint density at radius 3 is 2.86 bits per heavy atom. The van der Waals surface area contributed by atoms with Crippen molar-refractivity contribution in [1.82, 2.24) is 10.4 Å². The summed E-state index contributed by atoms with van der Waals surface area (Å²) in [5.74, 6) is 0.519. The van der Waals surface area contributed by atoms with E-state index in [0.717, 1.165) is 32.4 Å². The Kier molecular flexibility index (Phi) is 1.51. The lowest BCUT2D eigenvalue weighted by Gasteiger charge is -2.50. The number of Topliss-reactive ketones (excluding diaryl/α,β-unsaturated/α-hetero) is 1. The van der Waals surface area contributed by atoms with Crippen molar-refractivity contribution in [2.75, 3.05) is 13.1 Å². The number of rotatable bonds is 0. The summed E-state index contributed by atoms with van der Waals surface area (Å²) < 4.78 is 0. The highest BCUT2D eigenvalue weighted by atomic mass is 16.1. The molecule has 14 heavy (non-hydrogen) atoms. The molecule has 0 amide bonds. The molecule has 3 heteroatoms. The maximum absolute atomic E-state index is 12.4. The second kappa shape index (κ2) is 2.39. The van der Waals surface area contributed by atoms with Crippen molar-refractivity contribution in [2.45, 2.75) is 39.2 Å². The summed E-state index contributed by atoms with van der Waals surface area (Å²) in [6.07, 6.45) is 3.27. The molecule has 0 aromatic heterocycles. The average molecular weight is 194 g/mol. The van der Waals surface area contributed by atoms with Gasteiger partial charge in [0.15, 0.2) is 0 Å². The lowest BCUT2D eigenvalue weighted by atomic mass is 9.66. The van der Waals surface area contributed by atoms with Crippen LogP contribution in [0.4, 0.5) is 0 Å². The molecular weight excluding hydrogens is 176 g/mol. The van der Waals surface area contributed by atoms with Gasteiger partial charge in [-0.3, -0.25) is 10.2 Å². The van der Waals surface area contributed by atoms with Crippen molar-refractivity contribution in [3.8, 4) is 0 Å². The highest BCUT2D eigenvalue weighted by Gasteiger charge is 2.56. The summed E-state index contributed by atoms with van der Waals surface area (Å²) in [6, 6.07) is 0.544. The van der Waals surface area contributed by atoms with Gasteiger partial charge in [0.2, 0.25) is 0 Å². The summed E-state index contributed by atoms with van der Waals surface area (Å²) in [4.78, 5) is 12.4. The van der Waals surface area contributed by atoms with Gasteiger partial charge in [0.05, 0.1) is 0 Å². The van der Waals surface area contributed by atoms with Crippen LogP contribution in [-0.2, 0) is 4.79 Å². The van der Waals surface area contributed by atoms with Crippen LogP contribution >= 0.6 is 0 Å². The molecule has 1 N–H and O–H groups in total. The Balaban J connectivity index is 2.09. The minimum absolute atomic E-state index is 0.0700. The van der Waals surface area contributed by atoms with Crippen LogP contribution in [0.2, 0.25) is 0 Å². The number of hydrogen-bond acceptors (Lipinski definition) is 3. The molecule has 0 spiro atoms. The van der Waals surface area contributed by atoms with E-state index >= 15 is 0 Å². The zero-order valence-electron chi connectivity index (χ0n) is 8.97. The maximum Gasteiger partial charge on any atom is 0.147 e. The Morgan fingerprint density at radius 1 is 1.36 bits per heavy atom. The monoisotopic (exact) mass is 194 g/mol. The zero-order valence-corrected chi connectivity index (χ0v) is 8.97. The van der Waals surface area contributed by atoms with Gasteiger partial charge < -0.3 is 0 Å². The number of carbonyl (C=O) groups is 1. The van der Waals surface area contributed by atoms with Gasteiger partial charge >= 0.3 is 0 Å². The van der Waals surface area contributed by atoms with E-state index in [1.807, 2.05) is 0 Å². The average Bonchev–Trinajstić information content (AvgIpc) is 2.25. The summed E-state index contributed by atoms with van der Waals surface area (Å²) in [5, 5.41) is 2.28. The largest absolute Gasteiger partial charge is 0.298 e. The van der Waals surface area contributed by atoms with Crippen LogP contribution in [-0.4, -0.2) is 29.9 Å². The predicted molar refractivity (Wildman–Crippen MR) is 53.6 cm³/mol. The summed E-state index contributed by atoms with van der Waals surface area (Å²) >= 11 is 0. The van der Waals surface area contributed by atoms with E-state index < -0.39 is 0 Å². The van der Waals surface area contributed by atoms with Gasteiger partial charge in [-0.1, -0.05) is 13.8 Å². The molecule has 3 saturated heterocycles. The first-order valence-corrected chi connectivity index (χ1v) is 5.58. The first-order valence-electron chi connectivity index (χ1n) is 5.58. The van der Waals surface area contributed by atoms with E-state index in [4.69, 9.17) is 0 Å². The molecule has 3 heterocycles. The number of piperidine rings is 1. The Morgan fingerprint density at radius 2 is 2.07 bits per heavy atom. The second-order valence-electron chi connectivity index (χ2n) is 5.88. The molecule has 4 rings (SSSR count). The molecule has 0 aromatic carbocycles. The Hall–Kier alpha value is -0.410. The molecule has 78 valence electrons. The molecule has 4 aliphatic rings. The van der Waals surface area contributed by atoms with E-state index in [-0.39, 0.29) is 10.8 Å². The highest BCUT2D eigenvalue weighted by Crippen LogP contribution is 2.48. The molecule has 1 saturated carbocycles. The van der Waals surface area contributed by atoms with Gasteiger partial charge in [0.25, 0.3) is 0 Å². The van der Waals surface area contributed by atoms with Crippen LogP contribution < -0.4 is 5.43 Å². The third-order valence-corrected chi connectivity index (χ3v) is 4.28. The lowest BCUT2D eigenvalue weighted by molar-refractivity contribution is -0.151. The van der Waals surface area contributed by atoms with Crippen LogP contribution in [0.1, 0.15) is 33.1 Å². The van der Waals surface area contributed by atoms with Crippen molar-refractivity contribution in [1.29, 1.82) is 0 Å². The minimum atomic E-state index is -0.0781. The van der Waals surface area contributed by atoms with Crippen LogP contribution in [0.3, 0.4) is 0 Å². The first kappa shape index (κ1) is 8.86. The standard InChI is InChI=1S/C11H18N2O/c1-10-4-3-8-5-11(2,9(10)14)7-13(6-10)12-8/h8,12H,3-7H2,1-2H3. The fourth-order valence-corrected chi connectivity index (χ4v) is 3.72. The molecule has 4 fully saturated rings. The van der Waals surface area contributed by atoms with Gasteiger partial charge in [-0.15, -0.1) is 0 Å². The molecule has 0 radical (unpaired) electrons. The summed E-state index contributed by atoms with van der Waals surface area (Å²) in [7, 11) is 0. The van der Waals surface area contributed by atoms with Gasteiger partial charge in [-0.2, -0.15) is 0 Å². The topological polar surface area (TPSA) is 32.3 Å². The van der Waals surface area contributed by atoms with Gasteiger partial charge in [-0.05, 0) is 19.3 Å². The van der Waals surface area contributed by atoms with Crippen molar-refractivity contribution < 1.29 is 4.79 Å². The zero-order chi connectivity index (χ0) is 9.97. The fourth-order valence-electron chi connectivity index (χ4n) is 3.72. The van der Waals surface area contributed by atoms with E-state index in [1.165, 1.54) is 0 Å². The highest BCUT2D eigenvalue weighted by molar-refractivity contribution is 5.91. The Bertz CT molecular complexity index is 294. The smallest absolute Gasteiger partial charge is 0.147 e. The molecule has 4 bridgehead atoms. The molecular formula is C11H18N2O. The van der Waals surface area contributed by atoms with Gasteiger partial charge in [0.1, 0.15) is 5.78 Å². The first-order chi connectivity index (χ1) is 6.52. The minimum Gasteiger partial charge on any atom is -0.298 e. The molecule has 3 nitrogen and oxygen atoms in total. The maximum atomic E-state index is 12.4. The van der Waals surface area contributed by atoms with Crippen LogP contribution in [0, 0.1) is 10.8 Å². The van der Waals surface area contributed by atoms with Gasteiger partial charge in [-0.25, -0.2) is 5.01 Å². The quantitative estimate of drug-likeness (QED) is 0.623. The third-order valence-electron chi connectivity index (χ3n) is 4.28. The normalized spacial score (nSPS) is 56.3. The van der Waals surface area contributed by atoms with Crippen LogP contribution in [0.15, 0.2) is 0 Å². The number of nitrogens with zero attached hydrogens (tertiary/aromatic N) is 1. The molecule has 4 unspecified atom stereocenters. The van der Waals surface area contributed by atoms with E-state index in [2.05, 4.69) is 24.3 Å². The molecule has 4 atom stereocenters. The second-order valence-corrected chi connectivity index (χ2v) is 5.88. The number of nitrogens with one attached hydrogen (secondary N) is 1. The predicted octanol–water partition coefficient (Wildman–Crippen LogP) is 0.954. The van der Waals surface area contributed by atoms with Crippen LogP contribution in [0.5, 0.6) is 0 Å².